The van der Waals surface area contributed by atoms with Gasteiger partial charge < -0.3 is 5.11 Å². The van der Waals surface area contributed by atoms with Crippen molar-refractivity contribution in [1.82, 2.24) is 9.88 Å². The second kappa shape index (κ2) is 6.72. The molecule has 0 amide bonds. The van der Waals surface area contributed by atoms with Crippen molar-refractivity contribution in [3.63, 3.8) is 0 Å². The summed E-state index contributed by atoms with van der Waals surface area (Å²) in [5.41, 5.74) is 1.29. The third kappa shape index (κ3) is 3.79. The van der Waals surface area contributed by atoms with Crippen LogP contribution in [0.2, 0.25) is 0 Å². The Hall–Kier alpha value is -0.930. The molecule has 1 heterocycles. The van der Waals surface area contributed by atoms with Gasteiger partial charge in [0.1, 0.15) is 0 Å². The van der Waals surface area contributed by atoms with E-state index in [1.807, 2.05) is 18.5 Å². The predicted octanol–water partition coefficient (Wildman–Crippen LogP) is 1.86. The lowest BCUT2D eigenvalue weighted by molar-refractivity contribution is 0.153. The third-order valence-corrected chi connectivity index (χ3v) is 3.64. The van der Waals surface area contributed by atoms with Gasteiger partial charge in [-0.15, -0.1) is 0 Å². The molecule has 3 nitrogen and oxygen atoms in total. The zero-order valence-electron chi connectivity index (χ0n) is 10.4. The van der Waals surface area contributed by atoms with E-state index >= 15 is 0 Å². The Bertz CT molecular complexity index is 309. The van der Waals surface area contributed by atoms with Crippen LogP contribution in [0.15, 0.2) is 24.5 Å². The zero-order chi connectivity index (χ0) is 11.9. The van der Waals surface area contributed by atoms with E-state index in [0.29, 0.717) is 6.04 Å². The highest BCUT2D eigenvalue weighted by Gasteiger charge is 2.21. The van der Waals surface area contributed by atoms with Crippen molar-refractivity contribution in [2.75, 3.05) is 19.7 Å². The summed E-state index contributed by atoms with van der Waals surface area (Å²) in [7, 11) is 0. The van der Waals surface area contributed by atoms with Gasteiger partial charge in [0.25, 0.3) is 0 Å². The van der Waals surface area contributed by atoms with Crippen molar-refractivity contribution in [2.45, 2.75) is 38.1 Å². The van der Waals surface area contributed by atoms with Crippen molar-refractivity contribution >= 4 is 0 Å². The molecular weight excluding hydrogens is 212 g/mol. The van der Waals surface area contributed by atoms with Gasteiger partial charge in [-0.05, 0) is 30.9 Å². The third-order valence-electron chi connectivity index (χ3n) is 3.64. The topological polar surface area (TPSA) is 36.4 Å². The van der Waals surface area contributed by atoms with Crippen molar-refractivity contribution in [1.29, 1.82) is 0 Å². The van der Waals surface area contributed by atoms with Gasteiger partial charge in [-0.25, -0.2) is 0 Å². The molecule has 1 aliphatic carbocycles. The number of pyridine rings is 1. The van der Waals surface area contributed by atoms with Crippen LogP contribution in [0.4, 0.5) is 0 Å². The second-order valence-electron chi connectivity index (χ2n) is 4.81. The summed E-state index contributed by atoms with van der Waals surface area (Å²) in [6.07, 6.45) is 10.1. The summed E-state index contributed by atoms with van der Waals surface area (Å²) in [5, 5.41) is 9.14. The normalized spacial score (nSPS) is 16.8. The van der Waals surface area contributed by atoms with E-state index in [9.17, 15) is 0 Å². The van der Waals surface area contributed by atoms with Gasteiger partial charge in [0.15, 0.2) is 0 Å². The van der Waals surface area contributed by atoms with E-state index in [-0.39, 0.29) is 6.61 Å². The monoisotopic (exact) mass is 234 g/mol. The summed E-state index contributed by atoms with van der Waals surface area (Å²) in [6.45, 7) is 2.12. The maximum atomic E-state index is 9.14. The number of aliphatic hydroxyl groups is 1. The van der Waals surface area contributed by atoms with Crippen LogP contribution in [0.3, 0.4) is 0 Å². The highest BCUT2D eigenvalue weighted by Crippen LogP contribution is 2.23. The predicted molar refractivity (Wildman–Crippen MR) is 68.9 cm³/mol. The maximum absolute atomic E-state index is 9.14. The molecule has 2 rings (SSSR count). The Morgan fingerprint density at radius 1 is 1.29 bits per heavy atom. The number of aliphatic hydroxyl groups excluding tert-OH is 1. The van der Waals surface area contributed by atoms with Crippen molar-refractivity contribution in [3.05, 3.63) is 30.1 Å². The number of aromatic nitrogens is 1. The quantitative estimate of drug-likeness (QED) is 0.816. The van der Waals surface area contributed by atoms with Gasteiger partial charge in [0.05, 0.1) is 6.61 Å². The van der Waals surface area contributed by atoms with Crippen molar-refractivity contribution < 1.29 is 5.11 Å². The largest absolute Gasteiger partial charge is 0.395 e. The Morgan fingerprint density at radius 2 is 2.12 bits per heavy atom. The second-order valence-corrected chi connectivity index (χ2v) is 4.81. The molecule has 0 aromatic carbocycles. The van der Waals surface area contributed by atoms with Crippen LogP contribution >= 0.6 is 0 Å². The van der Waals surface area contributed by atoms with Crippen molar-refractivity contribution in [2.24, 2.45) is 0 Å². The summed E-state index contributed by atoms with van der Waals surface area (Å²) < 4.78 is 0. The summed E-state index contributed by atoms with van der Waals surface area (Å²) in [4.78, 5) is 6.58. The number of hydrogen-bond acceptors (Lipinski definition) is 3. The molecule has 1 fully saturated rings. The van der Waals surface area contributed by atoms with Crippen LogP contribution in [0.1, 0.15) is 31.2 Å². The molecule has 17 heavy (non-hydrogen) atoms. The first kappa shape index (κ1) is 12.5. The lowest BCUT2D eigenvalue weighted by Crippen LogP contribution is -2.37. The molecule has 0 bridgehead atoms. The van der Waals surface area contributed by atoms with Crippen molar-refractivity contribution in [3.8, 4) is 0 Å². The van der Waals surface area contributed by atoms with Crippen LogP contribution in [0.5, 0.6) is 0 Å². The van der Waals surface area contributed by atoms with Crippen LogP contribution < -0.4 is 0 Å². The minimum absolute atomic E-state index is 0.267. The summed E-state index contributed by atoms with van der Waals surface area (Å²) in [5.74, 6) is 0. The van der Waals surface area contributed by atoms with Gasteiger partial charge in [0, 0.05) is 31.5 Å². The highest BCUT2D eigenvalue weighted by molar-refractivity contribution is 5.08. The molecule has 3 heteroatoms. The molecule has 1 aromatic heterocycles. The molecular formula is C14H22N2O. The van der Waals surface area contributed by atoms with E-state index in [1.54, 1.807) is 0 Å². The number of rotatable bonds is 6. The summed E-state index contributed by atoms with van der Waals surface area (Å²) >= 11 is 0. The molecule has 1 aliphatic rings. The molecule has 0 radical (unpaired) electrons. The molecule has 94 valence electrons. The Balaban J connectivity index is 1.84. The first-order valence-corrected chi connectivity index (χ1v) is 6.64. The van der Waals surface area contributed by atoms with Crippen LogP contribution in [-0.4, -0.2) is 40.7 Å². The molecule has 0 saturated heterocycles. The van der Waals surface area contributed by atoms with Gasteiger partial charge in [0.2, 0.25) is 0 Å². The van der Waals surface area contributed by atoms with E-state index < -0.39 is 0 Å². The van der Waals surface area contributed by atoms with Gasteiger partial charge in [-0.1, -0.05) is 18.9 Å². The molecule has 0 spiro atoms. The lowest BCUT2D eigenvalue weighted by Gasteiger charge is -2.28. The van der Waals surface area contributed by atoms with Crippen LogP contribution in [-0.2, 0) is 6.42 Å². The SMILES string of the molecule is OCCN(CCc1cccnc1)C1CCCC1. The van der Waals surface area contributed by atoms with Gasteiger partial charge in [-0.2, -0.15) is 0 Å². The van der Waals surface area contributed by atoms with E-state index in [4.69, 9.17) is 5.11 Å². The van der Waals surface area contributed by atoms with Crippen LogP contribution in [0.25, 0.3) is 0 Å². The Morgan fingerprint density at radius 3 is 2.76 bits per heavy atom. The minimum Gasteiger partial charge on any atom is -0.395 e. The Kier molecular flexibility index (Phi) is 4.95. The molecule has 0 unspecified atom stereocenters. The van der Waals surface area contributed by atoms with E-state index in [0.717, 1.165) is 19.5 Å². The Labute approximate surface area is 103 Å². The first-order chi connectivity index (χ1) is 8.40. The fourth-order valence-electron chi connectivity index (χ4n) is 2.69. The average Bonchev–Trinajstić information content (AvgIpc) is 2.89. The average molecular weight is 234 g/mol. The molecule has 0 aliphatic heterocycles. The fourth-order valence-corrected chi connectivity index (χ4v) is 2.69. The van der Waals surface area contributed by atoms with Crippen LogP contribution in [0, 0.1) is 0 Å². The fraction of sp³-hybridized carbons (Fsp3) is 0.643. The van der Waals surface area contributed by atoms with E-state index in [1.165, 1.54) is 31.2 Å². The minimum atomic E-state index is 0.267. The van der Waals surface area contributed by atoms with Gasteiger partial charge >= 0.3 is 0 Å². The molecule has 1 saturated carbocycles. The maximum Gasteiger partial charge on any atom is 0.0558 e. The molecule has 0 atom stereocenters. The number of hydrogen-bond donors (Lipinski definition) is 1. The van der Waals surface area contributed by atoms with Gasteiger partial charge in [-0.3, -0.25) is 9.88 Å². The standard InChI is InChI=1S/C14H22N2O/c17-11-10-16(14-5-1-2-6-14)9-7-13-4-3-8-15-12-13/h3-4,8,12,14,17H,1-2,5-7,9-11H2. The number of nitrogens with zero attached hydrogens (tertiary/aromatic N) is 2. The van der Waals surface area contributed by atoms with E-state index in [2.05, 4.69) is 16.0 Å². The molecule has 1 aromatic rings. The lowest BCUT2D eigenvalue weighted by atomic mass is 10.1. The summed E-state index contributed by atoms with van der Waals surface area (Å²) in [6, 6.07) is 4.80. The smallest absolute Gasteiger partial charge is 0.0558 e. The zero-order valence-corrected chi connectivity index (χ0v) is 10.4. The molecule has 1 N–H and O–H groups in total. The highest BCUT2D eigenvalue weighted by atomic mass is 16.3. The first-order valence-electron chi connectivity index (χ1n) is 6.64.